The summed E-state index contributed by atoms with van der Waals surface area (Å²) in [4.78, 5) is 14.8. The fourth-order valence-corrected chi connectivity index (χ4v) is 0.351. The van der Waals surface area contributed by atoms with Crippen LogP contribution in [0.15, 0.2) is 0 Å². The average molecular weight is 163 g/mol. The smallest absolute Gasteiger partial charge is 0.322 e. The molecule has 0 aliphatic rings. The van der Waals surface area contributed by atoms with Crippen molar-refractivity contribution >= 4 is 5.97 Å². The topological polar surface area (TPSA) is 111 Å². The molecule has 0 bridgehead atoms. The van der Waals surface area contributed by atoms with E-state index in [-0.39, 0.29) is 6.61 Å². The molecule has 0 aromatic heterocycles. The second-order valence-corrected chi connectivity index (χ2v) is 1.94. The number of carboxylic acids is 1. The maximum Gasteiger partial charge on any atom is 0.322 e. The minimum atomic E-state index is -1.08. The highest BCUT2D eigenvalue weighted by molar-refractivity contribution is 5.73. The van der Waals surface area contributed by atoms with Gasteiger partial charge in [0.05, 0.1) is 6.61 Å². The zero-order valence-corrected chi connectivity index (χ0v) is 6.12. The van der Waals surface area contributed by atoms with Crippen molar-refractivity contribution in [3.05, 3.63) is 0 Å². The van der Waals surface area contributed by atoms with Gasteiger partial charge in [0, 0.05) is 13.1 Å². The Morgan fingerprint density at radius 1 is 1.73 bits per heavy atom. The van der Waals surface area contributed by atoms with Crippen LogP contribution >= 0.6 is 0 Å². The summed E-state index contributed by atoms with van der Waals surface area (Å²) in [5.41, 5.74) is 12.7. The van der Waals surface area contributed by atoms with Crippen molar-refractivity contribution in [2.45, 2.75) is 6.04 Å². The molecule has 0 aliphatic heterocycles. The van der Waals surface area contributed by atoms with Gasteiger partial charge < -0.3 is 16.6 Å². The van der Waals surface area contributed by atoms with E-state index in [4.69, 9.17) is 16.6 Å². The molecule has 0 aromatic rings. The molecule has 66 valence electrons. The van der Waals surface area contributed by atoms with Crippen molar-refractivity contribution in [3.63, 3.8) is 0 Å². The summed E-state index contributed by atoms with van der Waals surface area (Å²) in [7, 11) is 0. The highest BCUT2D eigenvalue weighted by Crippen LogP contribution is 1.77. The molecule has 0 radical (unpaired) electrons. The number of hydroxylamine groups is 1. The Balaban J connectivity index is 3.17. The van der Waals surface area contributed by atoms with Crippen LogP contribution in [-0.2, 0) is 9.63 Å². The zero-order valence-electron chi connectivity index (χ0n) is 6.12. The largest absolute Gasteiger partial charge is 0.480 e. The third-order valence-electron chi connectivity index (χ3n) is 0.929. The van der Waals surface area contributed by atoms with Crippen LogP contribution in [0.1, 0.15) is 0 Å². The number of hydrogen-bond donors (Lipinski definition) is 4. The highest BCUT2D eigenvalue weighted by Gasteiger charge is 2.10. The van der Waals surface area contributed by atoms with Crippen LogP contribution in [0.2, 0.25) is 0 Å². The Hall–Kier alpha value is -0.690. The molecule has 0 spiro atoms. The SMILES string of the molecule is NCCNOC[C@H](N)C(=O)O. The van der Waals surface area contributed by atoms with Gasteiger partial charge in [-0.2, -0.15) is 0 Å². The lowest BCUT2D eigenvalue weighted by Crippen LogP contribution is -2.37. The molecule has 0 saturated heterocycles. The van der Waals surface area contributed by atoms with Crippen molar-refractivity contribution in [1.29, 1.82) is 0 Å². The number of nitrogens with two attached hydrogens (primary N) is 2. The van der Waals surface area contributed by atoms with E-state index < -0.39 is 12.0 Å². The summed E-state index contributed by atoms with van der Waals surface area (Å²) >= 11 is 0. The molecule has 6 heteroatoms. The van der Waals surface area contributed by atoms with Gasteiger partial charge in [-0.1, -0.05) is 0 Å². The van der Waals surface area contributed by atoms with E-state index in [1.807, 2.05) is 0 Å². The second kappa shape index (κ2) is 6.05. The van der Waals surface area contributed by atoms with Gasteiger partial charge in [0.2, 0.25) is 0 Å². The molecule has 11 heavy (non-hydrogen) atoms. The van der Waals surface area contributed by atoms with E-state index in [9.17, 15) is 4.79 Å². The van der Waals surface area contributed by atoms with Crippen LogP contribution < -0.4 is 16.9 Å². The van der Waals surface area contributed by atoms with Gasteiger partial charge in [-0.3, -0.25) is 9.63 Å². The first-order valence-electron chi connectivity index (χ1n) is 3.21. The molecule has 0 aromatic carbocycles. The summed E-state index contributed by atoms with van der Waals surface area (Å²) in [6, 6.07) is -0.986. The van der Waals surface area contributed by atoms with E-state index in [0.717, 1.165) is 0 Å². The van der Waals surface area contributed by atoms with E-state index in [2.05, 4.69) is 10.3 Å². The number of rotatable bonds is 6. The minimum Gasteiger partial charge on any atom is -0.480 e. The van der Waals surface area contributed by atoms with Gasteiger partial charge in [-0.05, 0) is 0 Å². The Morgan fingerprint density at radius 2 is 2.36 bits per heavy atom. The lowest BCUT2D eigenvalue weighted by Gasteiger charge is -2.06. The molecule has 0 rings (SSSR count). The Kier molecular flexibility index (Phi) is 5.67. The van der Waals surface area contributed by atoms with Crippen molar-refractivity contribution in [3.8, 4) is 0 Å². The molecule has 1 atom stereocenters. The molecule has 0 aliphatic carbocycles. The van der Waals surface area contributed by atoms with Crippen LogP contribution in [0.3, 0.4) is 0 Å². The second-order valence-electron chi connectivity index (χ2n) is 1.94. The van der Waals surface area contributed by atoms with Crippen molar-refractivity contribution in [1.82, 2.24) is 5.48 Å². The first kappa shape index (κ1) is 10.3. The molecule has 0 saturated carbocycles. The van der Waals surface area contributed by atoms with Crippen molar-refractivity contribution < 1.29 is 14.7 Å². The summed E-state index contributed by atoms with van der Waals surface area (Å²) in [5, 5.41) is 8.28. The molecule has 6 N–H and O–H groups in total. The van der Waals surface area contributed by atoms with E-state index >= 15 is 0 Å². The van der Waals surface area contributed by atoms with Gasteiger partial charge in [0.15, 0.2) is 0 Å². The standard InChI is InChI=1S/C5H13N3O3/c6-1-2-8-11-3-4(7)5(9)10/h4,8H,1-3,6-7H2,(H,9,10)/t4-/m0/s1. The Labute approximate surface area is 64.5 Å². The number of hydrogen-bond acceptors (Lipinski definition) is 5. The van der Waals surface area contributed by atoms with Gasteiger partial charge in [0.25, 0.3) is 0 Å². The molecule has 6 nitrogen and oxygen atoms in total. The third kappa shape index (κ3) is 5.74. The number of nitrogens with one attached hydrogen (secondary N) is 1. The zero-order chi connectivity index (χ0) is 8.69. The molecule has 0 unspecified atom stereocenters. The van der Waals surface area contributed by atoms with E-state index in [1.54, 1.807) is 0 Å². The van der Waals surface area contributed by atoms with Gasteiger partial charge in [0.1, 0.15) is 6.04 Å². The van der Waals surface area contributed by atoms with E-state index in [0.29, 0.717) is 13.1 Å². The predicted octanol–water partition coefficient (Wildman–Crippen LogP) is -2.12. The van der Waals surface area contributed by atoms with Gasteiger partial charge in [-0.15, -0.1) is 0 Å². The van der Waals surface area contributed by atoms with Crippen LogP contribution in [0.4, 0.5) is 0 Å². The number of carboxylic acid groups (broad SMARTS) is 1. The quantitative estimate of drug-likeness (QED) is 0.263. The molecule has 0 amide bonds. The number of carbonyl (C=O) groups is 1. The molecule has 0 heterocycles. The van der Waals surface area contributed by atoms with E-state index in [1.165, 1.54) is 0 Å². The third-order valence-corrected chi connectivity index (χ3v) is 0.929. The summed E-state index contributed by atoms with van der Waals surface area (Å²) in [6.45, 7) is 0.851. The van der Waals surface area contributed by atoms with Crippen LogP contribution in [0, 0.1) is 0 Å². The molecular weight excluding hydrogens is 150 g/mol. The number of aliphatic carboxylic acids is 1. The summed E-state index contributed by atoms with van der Waals surface area (Å²) in [5.74, 6) is -1.08. The van der Waals surface area contributed by atoms with Crippen LogP contribution in [0.5, 0.6) is 0 Å². The minimum absolute atomic E-state index is 0.0602. The van der Waals surface area contributed by atoms with Gasteiger partial charge >= 0.3 is 5.97 Å². The lowest BCUT2D eigenvalue weighted by atomic mass is 10.3. The molecule has 0 fully saturated rings. The molecular formula is C5H13N3O3. The van der Waals surface area contributed by atoms with Crippen molar-refractivity contribution in [2.75, 3.05) is 19.7 Å². The predicted molar refractivity (Wildman–Crippen MR) is 38.6 cm³/mol. The fraction of sp³-hybridized carbons (Fsp3) is 0.800. The van der Waals surface area contributed by atoms with Gasteiger partial charge in [-0.25, -0.2) is 5.48 Å². The Morgan fingerprint density at radius 3 is 2.82 bits per heavy atom. The monoisotopic (exact) mass is 163 g/mol. The first-order valence-corrected chi connectivity index (χ1v) is 3.21. The summed E-state index contributed by atoms with van der Waals surface area (Å²) < 4.78 is 0. The van der Waals surface area contributed by atoms with Crippen molar-refractivity contribution in [2.24, 2.45) is 11.5 Å². The van der Waals surface area contributed by atoms with Crippen LogP contribution in [0.25, 0.3) is 0 Å². The Bertz CT molecular complexity index is 120. The summed E-state index contributed by atoms with van der Waals surface area (Å²) in [6.07, 6.45) is 0. The first-order chi connectivity index (χ1) is 5.18. The maximum absolute atomic E-state index is 10.1. The fourth-order valence-electron chi connectivity index (χ4n) is 0.351. The lowest BCUT2D eigenvalue weighted by molar-refractivity contribution is -0.140. The maximum atomic E-state index is 10.1. The average Bonchev–Trinajstić information content (AvgIpc) is 1.97. The van der Waals surface area contributed by atoms with Crippen LogP contribution in [-0.4, -0.2) is 36.8 Å². The highest BCUT2D eigenvalue weighted by atomic mass is 16.6. The normalized spacial score (nSPS) is 12.9.